The van der Waals surface area contributed by atoms with Crippen LogP contribution in [0.15, 0.2) is 42.5 Å². The van der Waals surface area contributed by atoms with Crippen molar-refractivity contribution < 1.29 is 41.7 Å². The number of nitrogens with zero attached hydrogens (tertiary/aromatic N) is 2. The minimum atomic E-state index is -5.08. The lowest BCUT2D eigenvalue weighted by Crippen LogP contribution is -2.29. The molecule has 8 nitrogen and oxygen atoms in total. The van der Waals surface area contributed by atoms with E-state index in [4.69, 9.17) is 20.4 Å². The van der Waals surface area contributed by atoms with Crippen LogP contribution in [0.1, 0.15) is 35.4 Å². The first-order valence-corrected chi connectivity index (χ1v) is 11.5. The maximum absolute atomic E-state index is 14.0. The van der Waals surface area contributed by atoms with Crippen LogP contribution < -0.4 is 15.8 Å². The molecule has 4 rings (SSSR count). The first-order chi connectivity index (χ1) is 18.4. The van der Waals surface area contributed by atoms with Crippen molar-refractivity contribution in [2.45, 2.75) is 31.5 Å². The molecule has 1 fully saturated rings. The number of aliphatic carboxylic acids is 1. The van der Waals surface area contributed by atoms with Crippen LogP contribution in [0.5, 0.6) is 11.5 Å². The molecule has 0 radical (unpaired) electrons. The fourth-order valence-corrected chi connectivity index (χ4v) is 3.97. The molecule has 1 aliphatic heterocycles. The number of rotatable bonds is 5. The van der Waals surface area contributed by atoms with Gasteiger partial charge in [0.15, 0.2) is 0 Å². The predicted octanol–water partition coefficient (Wildman–Crippen LogP) is 4.87. The van der Waals surface area contributed by atoms with Gasteiger partial charge in [-0.25, -0.2) is 18.6 Å². The molecule has 1 unspecified atom stereocenters. The summed E-state index contributed by atoms with van der Waals surface area (Å²) in [7, 11) is 0. The number of carbonyl (C=O) groups is 1. The molecule has 1 saturated heterocycles. The Morgan fingerprint density at radius 3 is 2.54 bits per heavy atom. The van der Waals surface area contributed by atoms with Crippen LogP contribution in [0.25, 0.3) is 11.3 Å². The van der Waals surface area contributed by atoms with E-state index in [2.05, 4.69) is 16.4 Å². The van der Waals surface area contributed by atoms with Gasteiger partial charge in [-0.1, -0.05) is 6.07 Å². The molecular formula is C26H23F5N4O4. The van der Waals surface area contributed by atoms with Crippen LogP contribution >= 0.6 is 0 Å². The fourth-order valence-electron chi connectivity index (χ4n) is 3.97. The second-order valence-electron chi connectivity index (χ2n) is 8.49. The van der Waals surface area contributed by atoms with Crippen molar-refractivity contribution in [2.24, 2.45) is 0 Å². The van der Waals surface area contributed by atoms with Gasteiger partial charge in [-0.2, -0.15) is 18.4 Å². The first kappa shape index (κ1) is 29.1. The predicted molar refractivity (Wildman–Crippen MR) is 130 cm³/mol. The molecule has 39 heavy (non-hydrogen) atoms. The van der Waals surface area contributed by atoms with E-state index < -0.39 is 23.8 Å². The number of benzene rings is 2. The molecule has 3 aromatic rings. The van der Waals surface area contributed by atoms with Crippen LogP contribution in [-0.2, 0) is 11.4 Å². The lowest BCUT2D eigenvalue weighted by Gasteiger charge is -2.25. The van der Waals surface area contributed by atoms with E-state index in [1.54, 1.807) is 18.2 Å². The van der Waals surface area contributed by atoms with Gasteiger partial charge in [0.25, 0.3) is 0 Å². The quantitative estimate of drug-likeness (QED) is 0.330. The van der Waals surface area contributed by atoms with Gasteiger partial charge in [-0.05, 0) is 61.2 Å². The number of pyridine rings is 1. The van der Waals surface area contributed by atoms with E-state index in [0.29, 0.717) is 17.8 Å². The van der Waals surface area contributed by atoms with Gasteiger partial charge in [-0.15, -0.1) is 0 Å². The summed E-state index contributed by atoms with van der Waals surface area (Å²) in [5, 5.41) is 30.7. The van der Waals surface area contributed by atoms with Crippen molar-refractivity contribution in [3.05, 3.63) is 70.8 Å². The van der Waals surface area contributed by atoms with E-state index in [9.17, 15) is 32.3 Å². The molecule has 1 atom stereocenters. The van der Waals surface area contributed by atoms with E-state index >= 15 is 0 Å². The number of ether oxygens (including phenoxy) is 1. The number of carboxylic acid groups (broad SMARTS) is 1. The highest BCUT2D eigenvalue weighted by Crippen LogP contribution is 2.40. The van der Waals surface area contributed by atoms with Gasteiger partial charge >= 0.3 is 12.1 Å². The van der Waals surface area contributed by atoms with Crippen molar-refractivity contribution in [3.63, 3.8) is 0 Å². The van der Waals surface area contributed by atoms with Gasteiger partial charge in [-0.3, -0.25) is 0 Å². The molecule has 5 N–H and O–H groups in total. The van der Waals surface area contributed by atoms with Crippen LogP contribution in [0, 0.1) is 23.0 Å². The minimum Gasteiger partial charge on any atom is -0.507 e. The summed E-state index contributed by atoms with van der Waals surface area (Å²) >= 11 is 0. The van der Waals surface area contributed by atoms with Crippen molar-refractivity contribution in [2.75, 3.05) is 18.8 Å². The summed E-state index contributed by atoms with van der Waals surface area (Å²) in [6.07, 6.45) is -3.21. The van der Waals surface area contributed by atoms with Crippen molar-refractivity contribution in [1.29, 1.82) is 5.26 Å². The average Bonchev–Trinajstić information content (AvgIpc) is 2.88. The Labute approximate surface area is 219 Å². The SMILES string of the molecule is N#Cc1c(C2CCCNC2)cc(-c2c(O)cccc2OCc2ccc(F)cc2F)nc1N.O=C(O)C(F)(F)F. The smallest absolute Gasteiger partial charge is 0.490 e. The van der Waals surface area contributed by atoms with Crippen molar-refractivity contribution in [3.8, 4) is 28.8 Å². The molecule has 0 amide bonds. The molecule has 0 aliphatic carbocycles. The van der Waals surface area contributed by atoms with Gasteiger partial charge in [0.2, 0.25) is 0 Å². The number of carboxylic acids is 1. The van der Waals surface area contributed by atoms with Gasteiger partial charge < -0.3 is 26.0 Å². The maximum atomic E-state index is 14.0. The maximum Gasteiger partial charge on any atom is 0.490 e. The molecule has 13 heteroatoms. The highest BCUT2D eigenvalue weighted by atomic mass is 19.4. The van der Waals surface area contributed by atoms with Crippen LogP contribution in [0.3, 0.4) is 0 Å². The highest BCUT2D eigenvalue weighted by Gasteiger charge is 2.38. The number of nitriles is 1. The van der Waals surface area contributed by atoms with Gasteiger partial charge in [0.05, 0.1) is 16.8 Å². The molecule has 206 valence electrons. The van der Waals surface area contributed by atoms with Gasteiger partial charge in [0.1, 0.15) is 41.6 Å². The number of nitrogens with one attached hydrogen (secondary N) is 1. The Morgan fingerprint density at radius 1 is 1.23 bits per heavy atom. The number of anilines is 1. The van der Waals surface area contributed by atoms with Crippen LogP contribution in [0.4, 0.5) is 27.8 Å². The Hall–Kier alpha value is -4.44. The molecule has 2 aromatic carbocycles. The van der Waals surface area contributed by atoms with Crippen LogP contribution in [0.2, 0.25) is 0 Å². The zero-order valence-corrected chi connectivity index (χ0v) is 20.2. The number of hydrogen-bond donors (Lipinski definition) is 4. The zero-order valence-electron chi connectivity index (χ0n) is 20.2. The second kappa shape index (κ2) is 12.4. The highest BCUT2D eigenvalue weighted by molar-refractivity contribution is 5.76. The topological polar surface area (TPSA) is 141 Å². The summed E-state index contributed by atoms with van der Waals surface area (Å²) in [5.74, 6) is -3.82. The standard InChI is InChI=1S/C24H22F2N4O2.C2HF3O2/c25-16-7-6-15(19(26)9-16)13-32-22-5-1-4-21(31)23(22)20-10-17(14-3-2-8-29-12-14)18(11-27)24(28)30-20;3-2(4,5)1(6)7/h1,4-7,9-10,14,29,31H,2-3,8,12-13H2,(H2,28,30);(H,6,7). The fraction of sp³-hybridized carbons (Fsp3) is 0.269. The number of nitrogen functional groups attached to an aromatic ring is 1. The summed E-state index contributed by atoms with van der Waals surface area (Å²) in [6, 6.07) is 11.8. The summed E-state index contributed by atoms with van der Waals surface area (Å²) in [4.78, 5) is 13.2. The molecule has 0 spiro atoms. The van der Waals surface area contributed by atoms with E-state index in [1.807, 2.05) is 0 Å². The van der Waals surface area contributed by atoms with Crippen molar-refractivity contribution in [1.82, 2.24) is 10.3 Å². The molecule has 0 bridgehead atoms. The number of nitrogens with two attached hydrogens (primary N) is 1. The average molecular weight is 550 g/mol. The summed E-state index contributed by atoms with van der Waals surface area (Å²) in [5.41, 5.74) is 8.02. The van der Waals surface area contributed by atoms with Crippen LogP contribution in [-0.4, -0.2) is 40.4 Å². The molecular weight excluding hydrogens is 527 g/mol. The number of halogens is 5. The number of piperidine rings is 1. The third-order valence-electron chi connectivity index (χ3n) is 5.83. The normalized spacial score (nSPS) is 15.0. The number of phenolic OH excluding ortho intramolecular Hbond substituents is 1. The molecule has 0 saturated carbocycles. The third-order valence-corrected chi connectivity index (χ3v) is 5.83. The summed E-state index contributed by atoms with van der Waals surface area (Å²) in [6.45, 7) is 1.46. The lowest BCUT2D eigenvalue weighted by molar-refractivity contribution is -0.192. The third kappa shape index (κ3) is 7.32. The zero-order chi connectivity index (χ0) is 28.7. The Morgan fingerprint density at radius 2 is 1.95 bits per heavy atom. The number of hydrogen-bond acceptors (Lipinski definition) is 7. The monoisotopic (exact) mass is 550 g/mol. The first-order valence-electron chi connectivity index (χ1n) is 11.5. The second-order valence-corrected chi connectivity index (χ2v) is 8.49. The Balaban J connectivity index is 0.000000532. The largest absolute Gasteiger partial charge is 0.507 e. The minimum absolute atomic E-state index is 0.0735. The lowest BCUT2D eigenvalue weighted by atomic mass is 9.88. The van der Waals surface area contributed by atoms with Gasteiger partial charge in [0, 0.05) is 18.2 Å². The number of alkyl halides is 3. The Bertz CT molecular complexity index is 1390. The number of aromatic nitrogens is 1. The molecule has 2 heterocycles. The summed E-state index contributed by atoms with van der Waals surface area (Å²) < 4.78 is 64.7. The van der Waals surface area contributed by atoms with Crippen molar-refractivity contribution >= 4 is 11.8 Å². The van der Waals surface area contributed by atoms with E-state index in [0.717, 1.165) is 37.1 Å². The Kier molecular flexibility index (Phi) is 9.26. The molecule has 1 aliphatic rings. The molecule has 1 aromatic heterocycles. The number of phenols is 1. The van der Waals surface area contributed by atoms with E-state index in [-0.39, 0.29) is 41.0 Å². The number of aromatic hydroxyl groups is 1. The van der Waals surface area contributed by atoms with E-state index in [1.165, 1.54) is 12.1 Å².